The van der Waals surface area contributed by atoms with Gasteiger partial charge >= 0.3 is 5.97 Å². The highest BCUT2D eigenvalue weighted by Gasteiger charge is 2.47. The van der Waals surface area contributed by atoms with Crippen LogP contribution < -0.4 is 5.32 Å². The summed E-state index contributed by atoms with van der Waals surface area (Å²) < 4.78 is 13.5. The molecule has 3 heterocycles. The van der Waals surface area contributed by atoms with E-state index in [0.29, 0.717) is 13.0 Å². The van der Waals surface area contributed by atoms with E-state index in [9.17, 15) is 14.4 Å². The summed E-state index contributed by atoms with van der Waals surface area (Å²) in [6, 6.07) is 6.62. The maximum atomic E-state index is 14.6. The fourth-order valence-corrected chi connectivity index (χ4v) is 9.31. The normalized spacial score (nSPS) is 22.5. The van der Waals surface area contributed by atoms with Crippen LogP contribution in [0.1, 0.15) is 109 Å². The summed E-state index contributed by atoms with van der Waals surface area (Å²) in [7, 11) is -0.755. The quantitative estimate of drug-likeness (QED) is 0.162. The Morgan fingerprint density at radius 2 is 1.71 bits per heavy atom. The van der Waals surface area contributed by atoms with E-state index >= 15 is 0 Å². The summed E-state index contributed by atoms with van der Waals surface area (Å²) in [5.41, 5.74) is 5.76. The maximum absolute atomic E-state index is 14.6. The Bertz CT molecular complexity index is 1670. The number of esters is 1. The topological polar surface area (TPSA) is 129 Å². The number of benzene rings is 1. The average Bonchev–Trinajstić information content (AvgIpc) is 3.84. The molecule has 2 amide bonds. The van der Waals surface area contributed by atoms with Crippen LogP contribution in [-0.4, -0.2) is 76.8 Å². The van der Waals surface area contributed by atoms with Gasteiger partial charge in [-0.3, -0.25) is 14.4 Å². The molecule has 2 fully saturated rings. The summed E-state index contributed by atoms with van der Waals surface area (Å²) in [4.78, 5) is 48.1. The third-order valence-electron chi connectivity index (χ3n) is 11.3. The average molecular weight is 737 g/mol. The van der Waals surface area contributed by atoms with Crippen LogP contribution in [-0.2, 0) is 23.5 Å². The molecule has 0 radical (unpaired) electrons. The molecule has 13 heteroatoms. The van der Waals surface area contributed by atoms with Crippen LogP contribution in [0.4, 0.5) is 0 Å². The lowest BCUT2D eigenvalue weighted by molar-refractivity contribution is -0.146. The largest absolute Gasteiger partial charge is 0.469 e. The summed E-state index contributed by atoms with van der Waals surface area (Å²) in [6.07, 6.45) is 5.16. The number of carbonyl (C=O) groups is 3. The van der Waals surface area contributed by atoms with Crippen molar-refractivity contribution in [3.05, 3.63) is 52.9 Å². The molecule has 11 nitrogen and oxygen atoms in total. The van der Waals surface area contributed by atoms with E-state index in [1.165, 1.54) is 7.11 Å². The highest BCUT2D eigenvalue weighted by molar-refractivity contribution is 7.13. The van der Waals surface area contributed by atoms with Crippen molar-refractivity contribution >= 4 is 37.4 Å². The Morgan fingerprint density at radius 3 is 2.27 bits per heavy atom. The Hall–Kier alpha value is -3.42. The van der Waals surface area contributed by atoms with Gasteiger partial charge in [-0.2, -0.15) is 0 Å². The van der Waals surface area contributed by atoms with Gasteiger partial charge in [0.1, 0.15) is 12.1 Å². The monoisotopic (exact) mass is 736 g/mol. The molecule has 4 atom stereocenters. The fourth-order valence-electron chi connectivity index (χ4n) is 7.14. The number of nitrogens with zero attached hydrogens (tertiary/aromatic N) is 5. The Kier molecular flexibility index (Phi) is 11.9. The highest BCUT2D eigenvalue weighted by atomic mass is 32.1. The van der Waals surface area contributed by atoms with Crippen LogP contribution in [0.3, 0.4) is 0 Å². The number of rotatable bonds is 11. The number of nitrogens with one attached hydrogen (secondary N) is 1. The number of hydrogen-bond acceptors (Lipinski definition) is 9. The van der Waals surface area contributed by atoms with E-state index < -0.39 is 20.4 Å². The smallest absolute Gasteiger partial charge is 0.308 e. The third kappa shape index (κ3) is 8.63. The van der Waals surface area contributed by atoms with E-state index in [4.69, 9.17) is 9.16 Å². The van der Waals surface area contributed by atoms with Crippen LogP contribution in [0.25, 0.3) is 10.4 Å². The molecule has 51 heavy (non-hydrogen) atoms. The molecule has 5 rings (SSSR count). The summed E-state index contributed by atoms with van der Waals surface area (Å²) >= 11 is 1.61. The molecule has 1 aliphatic heterocycles. The standard InChI is InChI=1S/C38H56N6O5SSi/c1-23(2)33(44-21-31(41-42-44)27-13-17-29(18-14-27)37(47)48-8)36(46)43-20-30(49-51(9,10)38(5,6)7)19-32(43)35(45)40-24(3)26-11-15-28(16-12-26)34-25(4)39-22-50-34/h11-12,15-16,21-24,27,29-30,32-33H,13-14,17-20H2,1-10H3,(H,40,45)/t24-,27?,29?,30+,32-,33-/m0/s1. The molecule has 1 saturated carbocycles. The molecule has 1 saturated heterocycles. The minimum atomic E-state index is -2.19. The number of amides is 2. The minimum absolute atomic E-state index is 0.0197. The van der Waals surface area contributed by atoms with Gasteiger partial charge in [0.2, 0.25) is 11.8 Å². The van der Waals surface area contributed by atoms with Crippen molar-refractivity contribution in [2.24, 2.45) is 11.8 Å². The molecule has 278 valence electrons. The second-order valence-electron chi connectivity index (χ2n) is 16.2. The maximum Gasteiger partial charge on any atom is 0.308 e. The summed E-state index contributed by atoms with van der Waals surface area (Å²) in [6.45, 7) is 19.3. The number of aryl methyl sites for hydroxylation is 1. The van der Waals surface area contributed by atoms with Crippen molar-refractivity contribution in [1.82, 2.24) is 30.2 Å². The summed E-state index contributed by atoms with van der Waals surface area (Å²) in [5.74, 6) is -0.529. The molecule has 0 spiro atoms. The molecule has 2 aliphatic rings. The van der Waals surface area contributed by atoms with E-state index in [-0.39, 0.29) is 52.7 Å². The van der Waals surface area contributed by atoms with Gasteiger partial charge in [-0.05, 0) is 74.7 Å². The van der Waals surface area contributed by atoms with Gasteiger partial charge in [-0.15, -0.1) is 16.4 Å². The van der Waals surface area contributed by atoms with E-state index in [1.54, 1.807) is 20.9 Å². The third-order valence-corrected chi connectivity index (χ3v) is 16.8. The zero-order valence-electron chi connectivity index (χ0n) is 31.9. The van der Waals surface area contributed by atoms with E-state index in [1.807, 2.05) is 51.5 Å². The van der Waals surface area contributed by atoms with Crippen molar-refractivity contribution in [2.45, 2.75) is 129 Å². The number of thiazole rings is 1. The van der Waals surface area contributed by atoms with Gasteiger partial charge < -0.3 is 19.4 Å². The van der Waals surface area contributed by atoms with Crippen LogP contribution in [0.2, 0.25) is 18.1 Å². The number of aromatic nitrogens is 4. The first-order chi connectivity index (χ1) is 24.0. The van der Waals surface area contributed by atoms with Gasteiger partial charge in [0.05, 0.1) is 46.9 Å². The van der Waals surface area contributed by atoms with Gasteiger partial charge in [0.15, 0.2) is 8.32 Å². The molecule has 2 aromatic heterocycles. The fraction of sp³-hybridized carbons (Fsp3) is 0.632. The van der Waals surface area contributed by atoms with Crippen LogP contribution in [0.15, 0.2) is 36.0 Å². The SMILES string of the molecule is COC(=O)C1CCC(c2cn([C@H](C(=O)N3C[C@H](O[Si](C)(C)C(C)(C)C)C[C@H]3C(=O)N[C@@H](C)c3ccc(-c4scnc4C)cc3)C(C)C)nn2)CC1. The molecule has 0 bridgehead atoms. The first-order valence-corrected chi connectivity index (χ1v) is 22.1. The Balaban J connectivity index is 1.35. The minimum Gasteiger partial charge on any atom is -0.469 e. The van der Waals surface area contributed by atoms with Gasteiger partial charge in [0, 0.05) is 25.1 Å². The van der Waals surface area contributed by atoms with Gasteiger partial charge in [-0.1, -0.05) is 64.1 Å². The zero-order valence-corrected chi connectivity index (χ0v) is 33.8. The Morgan fingerprint density at radius 1 is 1.04 bits per heavy atom. The van der Waals surface area contributed by atoms with Crippen LogP contribution in [0, 0.1) is 18.8 Å². The van der Waals surface area contributed by atoms with Gasteiger partial charge in [0.25, 0.3) is 0 Å². The predicted molar refractivity (Wildman–Crippen MR) is 202 cm³/mol. The van der Waals surface area contributed by atoms with Crippen molar-refractivity contribution in [2.75, 3.05) is 13.7 Å². The molecule has 1 N–H and O–H groups in total. The lowest BCUT2D eigenvalue weighted by Crippen LogP contribution is -2.49. The van der Waals surface area contributed by atoms with Crippen molar-refractivity contribution in [3.63, 3.8) is 0 Å². The molecule has 1 aromatic carbocycles. The van der Waals surface area contributed by atoms with Crippen molar-refractivity contribution in [3.8, 4) is 10.4 Å². The first kappa shape index (κ1) is 38.8. The van der Waals surface area contributed by atoms with Crippen LogP contribution in [0.5, 0.6) is 0 Å². The highest BCUT2D eigenvalue weighted by Crippen LogP contribution is 2.40. The number of carbonyl (C=O) groups excluding carboxylic acids is 3. The van der Waals surface area contributed by atoms with Crippen molar-refractivity contribution in [1.29, 1.82) is 0 Å². The first-order valence-electron chi connectivity index (χ1n) is 18.3. The molecule has 3 aromatic rings. The van der Waals surface area contributed by atoms with E-state index in [2.05, 4.69) is 66.6 Å². The summed E-state index contributed by atoms with van der Waals surface area (Å²) in [5, 5.41) is 12.2. The van der Waals surface area contributed by atoms with Crippen LogP contribution >= 0.6 is 11.3 Å². The lowest BCUT2D eigenvalue weighted by Gasteiger charge is -2.38. The number of hydrogen-bond donors (Lipinski definition) is 1. The predicted octanol–water partition coefficient (Wildman–Crippen LogP) is 7.22. The molecule has 0 unspecified atom stereocenters. The second-order valence-corrected chi connectivity index (χ2v) is 21.9. The zero-order chi connectivity index (χ0) is 37.2. The number of ether oxygens (including phenoxy) is 1. The van der Waals surface area contributed by atoms with Crippen molar-refractivity contribution < 1.29 is 23.5 Å². The molecular formula is C38H56N6O5SSi. The second kappa shape index (κ2) is 15.7. The lowest BCUT2D eigenvalue weighted by atomic mass is 9.81. The Labute approximate surface area is 308 Å². The number of likely N-dealkylation sites (tertiary alicyclic amines) is 1. The molecular weight excluding hydrogens is 681 g/mol. The van der Waals surface area contributed by atoms with Gasteiger partial charge in [-0.25, -0.2) is 9.67 Å². The molecule has 1 aliphatic carbocycles. The van der Waals surface area contributed by atoms with E-state index in [0.717, 1.165) is 53.1 Å². The number of methoxy groups -OCH3 is 1.